The van der Waals surface area contributed by atoms with E-state index in [0.29, 0.717) is 21.3 Å². The molecule has 0 fully saturated rings. The number of rotatable bonds is 1. The van der Waals surface area contributed by atoms with Crippen LogP contribution in [0.2, 0.25) is 0 Å². The lowest BCUT2D eigenvalue weighted by molar-refractivity contribution is -0.632. The SMILES string of the molecule is Cc1c(Br)cc(F)c(N)[n+]1N.Cc1cc(C)c(S(=O)(=O)[O-])c(C)c1. The fourth-order valence-corrected chi connectivity index (χ4v) is 3.56. The zero-order chi connectivity index (χ0) is 18.8. The second kappa shape index (κ2) is 7.45. The summed E-state index contributed by atoms with van der Waals surface area (Å²) < 4.78 is 47.0. The molecule has 0 atom stereocenters. The van der Waals surface area contributed by atoms with Crippen LogP contribution in [0.25, 0.3) is 0 Å². The van der Waals surface area contributed by atoms with E-state index in [1.807, 2.05) is 6.92 Å². The minimum Gasteiger partial charge on any atom is -0.744 e. The molecule has 6 nitrogen and oxygen atoms in total. The molecule has 24 heavy (non-hydrogen) atoms. The Hall–Kier alpha value is -1.71. The van der Waals surface area contributed by atoms with Crippen molar-refractivity contribution in [2.24, 2.45) is 0 Å². The summed E-state index contributed by atoms with van der Waals surface area (Å²) in [5.74, 6) is 4.82. The summed E-state index contributed by atoms with van der Waals surface area (Å²) in [5, 5.41) is 0. The molecule has 1 aromatic heterocycles. The molecule has 0 bridgehead atoms. The minimum absolute atomic E-state index is 0.0642. The molecular formula is C15H19BrFN3O3S. The molecule has 9 heteroatoms. The molecule has 1 heterocycles. The first-order chi connectivity index (χ1) is 10.9. The van der Waals surface area contributed by atoms with Crippen LogP contribution in [0.15, 0.2) is 27.6 Å². The van der Waals surface area contributed by atoms with Crippen LogP contribution in [0.5, 0.6) is 0 Å². The number of nitrogen functional groups attached to an aromatic ring is 2. The van der Waals surface area contributed by atoms with Crippen molar-refractivity contribution in [3.05, 3.63) is 50.9 Å². The number of hydrogen-bond acceptors (Lipinski definition) is 5. The van der Waals surface area contributed by atoms with Crippen LogP contribution in [0.4, 0.5) is 10.2 Å². The Morgan fingerprint density at radius 1 is 1.12 bits per heavy atom. The lowest BCUT2D eigenvalue weighted by Crippen LogP contribution is -2.50. The van der Waals surface area contributed by atoms with Crippen LogP contribution < -0.4 is 16.3 Å². The maximum atomic E-state index is 12.8. The summed E-state index contributed by atoms with van der Waals surface area (Å²) in [5.41, 5.74) is 7.98. The predicted molar refractivity (Wildman–Crippen MR) is 92.2 cm³/mol. The minimum atomic E-state index is -4.33. The lowest BCUT2D eigenvalue weighted by Gasteiger charge is -2.14. The van der Waals surface area contributed by atoms with E-state index < -0.39 is 15.9 Å². The number of halogens is 2. The van der Waals surface area contributed by atoms with E-state index >= 15 is 0 Å². The number of aryl methyl sites for hydroxylation is 3. The maximum absolute atomic E-state index is 12.8. The topological polar surface area (TPSA) is 113 Å². The van der Waals surface area contributed by atoms with Gasteiger partial charge in [0.1, 0.15) is 15.8 Å². The molecule has 0 aliphatic heterocycles. The van der Waals surface area contributed by atoms with Gasteiger partial charge in [-0.2, -0.15) is 4.39 Å². The van der Waals surface area contributed by atoms with Crippen molar-refractivity contribution in [3.63, 3.8) is 0 Å². The Bertz CT molecular complexity index is 837. The van der Waals surface area contributed by atoms with Crippen LogP contribution in [0.3, 0.4) is 0 Å². The van der Waals surface area contributed by atoms with Crippen LogP contribution in [0.1, 0.15) is 22.4 Å². The fraction of sp³-hybridized carbons (Fsp3) is 0.267. The van der Waals surface area contributed by atoms with E-state index in [9.17, 15) is 17.4 Å². The second-order valence-electron chi connectivity index (χ2n) is 5.36. The van der Waals surface area contributed by atoms with Crippen molar-refractivity contribution in [3.8, 4) is 0 Å². The van der Waals surface area contributed by atoms with E-state index in [4.69, 9.17) is 11.6 Å². The molecule has 0 saturated heterocycles. The maximum Gasteiger partial charge on any atom is 0.332 e. The first-order valence-electron chi connectivity index (χ1n) is 6.81. The highest BCUT2D eigenvalue weighted by Crippen LogP contribution is 2.20. The van der Waals surface area contributed by atoms with Crippen LogP contribution >= 0.6 is 15.9 Å². The molecule has 0 amide bonds. The van der Waals surface area contributed by atoms with Crippen molar-refractivity contribution in [1.82, 2.24) is 0 Å². The molecule has 0 radical (unpaired) electrons. The van der Waals surface area contributed by atoms with E-state index in [2.05, 4.69) is 15.9 Å². The van der Waals surface area contributed by atoms with Gasteiger partial charge in [-0.25, -0.2) is 8.42 Å². The summed E-state index contributed by atoms with van der Waals surface area (Å²) in [6.07, 6.45) is 0. The Labute approximate surface area is 149 Å². The Balaban J connectivity index is 0.000000243. The summed E-state index contributed by atoms with van der Waals surface area (Å²) >= 11 is 3.13. The van der Waals surface area contributed by atoms with E-state index in [1.54, 1.807) is 32.9 Å². The van der Waals surface area contributed by atoms with Crippen LogP contribution in [-0.2, 0) is 10.1 Å². The third-order valence-electron chi connectivity index (χ3n) is 3.32. The number of benzene rings is 1. The first-order valence-corrected chi connectivity index (χ1v) is 9.01. The Morgan fingerprint density at radius 3 is 2.00 bits per heavy atom. The standard InChI is InChI=1S/C9H12O3S.C6H7BrFN3/c1-6-4-7(2)9(8(3)5-6)13(10,11)12;1-3-4(7)2-5(8)6(9)11(3)10/h4-5H,1-3H3,(H,10,11,12);2,9H,10H2,1H3. The highest BCUT2D eigenvalue weighted by atomic mass is 79.9. The first kappa shape index (κ1) is 20.3. The molecule has 0 spiro atoms. The third-order valence-corrected chi connectivity index (χ3v) is 5.27. The highest BCUT2D eigenvalue weighted by Gasteiger charge is 2.14. The van der Waals surface area contributed by atoms with Gasteiger partial charge in [0.05, 0.1) is 9.37 Å². The highest BCUT2D eigenvalue weighted by molar-refractivity contribution is 9.10. The molecule has 2 aromatic rings. The van der Waals surface area contributed by atoms with Crippen molar-refractivity contribution >= 4 is 31.9 Å². The average molecular weight is 420 g/mol. The van der Waals surface area contributed by atoms with Gasteiger partial charge in [-0.05, 0) is 47.8 Å². The predicted octanol–water partition coefficient (Wildman–Crippen LogP) is 2.00. The van der Waals surface area contributed by atoms with Crippen molar-refractivity contribution in [1.29, 1.82) is 0 Å². The molecule has 1 aromatic carbocycles. The lowest BCUT2D eigenvalue weighted by atomic mass is 10.1. The smallest absolute Gasteiger partial charge is 0.332 e. The van der Waals surface area contributed by atoms with Gasteiger partial charge in [0.25, 0.3) is 0 Å². The molecule has 2 rings (SSSR count). The van der Waals surface area contributed by atoms with Gasteiger partial charge >= 0.3 is 5.82 Å². The van der Waals surface area contributed by atoms with Crippen molar-refractivity contribution < 1.29 is 22.0 Å². The summed E-state index contributed by atoms with van der Waals surface area (Å²) in [4.78, 5) is -0.0851. The molecule has 0 saturated carbocycles. The van der Waals surface area contributed by atoms with Crippen molar-refractivity contribution in [2.75, 3.05) is 11.6 Å². The quantitative estimate of drug-likeness (QED) is 0.416. The van der Waals surface area contributed by atoms with Gasteiger partial charge in [-0.15, -0.1) is 4.68 Å². The Morgan fingerprint density at radius 2 is 1.58 bits per heavy atom. The summed E-state index contributed by atoms with van der Waals surface area (Å²) in [6.45, 7) is 6.86. The molecule has 0 unspecified atom stereocenters. The van der Waals surface area contributed by atoms with Crippen LogP contribution in [-0.4, -0.2) is 13.0 Å². The van der Waals surface area contributed by atoms with E-state index in [0.717, 1.165) is 10.2 Å². The number of nitrogens with two attached hydrogens (primary N) is 2. The Kier molecular flexibility index (Phi) is 6.32. The molecule has 0 aliphatic rings. The number of hydrogen-bond donors (Lipinski definition) is 2. The molecule has 4 N–H and O–H groups in total. The second-order valence-corrected chi connectivity index (χ2v) is 7.53. The van der Waals surface area contributed by atoms with Crippen molar-refractivity contribution in [2.45, 2.75) is 32.6 Å². The van der Waals surface area contributed by atoms with Gasteiger partial charge in [-0.1, -0.05) is 17.7 Å². The zero-order valence-electron chi connectivity index (χ0n) is 13.7. The zero-order valence-corrected chi connectivity index (χ0v) is 16.1. The molecular weight excluding hydrogens is 401 g/mol. The number of aromatic nitrogens is 1. The third kappa shape index (κ3) is 4.65. The van der Waals surface area contributed by atoms with Gasteiger partial charge < -0.3 is 4.55 Å². The van der Waals surface area contributed by atoms with Gasteiger partial charge in [-0.3, -0.25) is 11.6 Å². The number of pyridine rings is 1. The molecule has 0 aliphatic carbocycles. The fourth-order valence-electron chi connectivity index (χ4n) is 2.26. The summed E-state index contributed by atoms with van der Waals surface area (Å²) in [6, 6.07) is 4.67. The number of nitrogens with zero attached hydrogens (tertiary/aromatic N) is 1. The van der Waals surface area contributed by atoms with Crippen LogP contribution in [0, 0.1) is 33.5 Å². The average Bonchev–Trinajstić information content (AvgIpc) is 2.41. The van der Waals surface area contributed by atoms with Gasteiger partial charge in [0.2, 0.25) is 5.82 Å². The molecule has 132 valence electrons. The van der Waals surface area contributed by atoms with Gasteiger partial charge in [0, 0.05) is 13.0 Å². The van der Waals surface area contributed by atoms with E-state index in [1.165, 1.54) is 6.07 Å². The van der Waals surface area contributed by atoms with Gasteiger partial charge in [0.15, 0.2) is 0 Å². The monoisotopic (exact) mass is 419 g/mol. The van der Waals surface area contributed by atoms with E-state index in [-0.39, 0.29) is 10.7 Å². The summed E-state index contributed by atoms with van der Waals surface area (Å²) in [7, 11) is -4.33. The number of anilines is 1. The normalized spacial score (nSPS) is 11.0. The largest absolute Gasteiger partial charge is 0.744 e.